The van der Waals surface area contributed by atoms with E-state index in [1.54, 1.807) is 0 Å². The zero-order valence-electron chi connectivity index (χ0n) is 13.5. The third-order valence-electron chi connectivity index (χ3n) is 3.05. The van der Waals surface area contributed by atoms with Crippen molar-refractivity contribution in [2.45, 2.75) is 52.4 Å². The van der Waals surface area contributed by atoms with Gasteiger partial charge in [-0.1, -0.05) is 53.5 Å². The number of hydrogen-bond donors (Lipinski definition) is 0. The van der Waals surface area contributed by atoms with Gasteiger partial charge in [0.15, 0.2) is 0 Å². The molecule has 0 aromatic heterocycles. The zero-order valence-corrected chi connectivity index (χ0v) is 14.3. The SMILES string of the molecule is CC(C)(C)c1cc(C#CS(C)(=O)=O)cc(C(C)(C)C)c1. The van der Waals surface area contributed by atoms with E-state index in [1.807, 2.05) is 12.1 Å². The van der Waals surface area contributed by atoms with Gasteiger partial charge >= 0.3 is 0 Å². The highest BCUT2D eigenvalue weighted by molar-refractivity contribution is 7.95. The van der Waals surface area contributed by atoms with Gasteiger partial charge < -0.3 is 0 Å². The molecule has 0 bridgehead atoms. The molecule has 0 aliphatic carbocycles. The first-order valence-corrected chi connectivity index (χ1v) is 8.57. The summed E-state index contributed by atoms with van der Waals surface area (Å²) in [5.41, 5.74) is 3.10. The first kappa shape index (κ1) is 16.8. The van der Waals surface area contributed by atoms with E-state index in [0.29, 0.717) is 0 Å². The summed E-state index contributed by atoms with van der Waals surface area (Å²) in [6.07, 6.45) is 1.12. The smallest absolute Gasteiger partial charge is 0.214 e. The van der Waals surface area contributed by atoms with E-state index >= 15 is 0 Å². The lowest BCUT2D eigenvalue weighted by atomic mass is 9.79. The lowest BCUT2D eigenvalue weighted by Gasteiger charge is -2.25. The molecule has 0 aliphatic rings. The molecule has 0 amide bonds. The lowest BCUT2D eigenvalue weighted by Crippen LogP contribution is -2.16. The number of benzene rings is 1. The molecule has 0 N–H and O–H groups in total. The average molecular weight is 292 g/mol. The quantitative estimate of drug-likeness (QED) is 0.684. The first-order valence-electron chi connectivity index (χ1n) is 6.68. The van der Waals surface area contributed by atoms with Gasteiger partial charge in [-0.25, -0.2) is 8.42 Å². The molecule has 1 rings (SSSR count). The fourth-order valence-electron chi connectivity index (χ4n) is 1.72. The van der Waals surface area contributed by atoms with Crippen LogP contribution in [0.5, 0.6) is 0 Å². The van der Waals surface area contributed by atoms with Gasteiger partial charge in [0.2, 0.25) is 9.84 Å². The maximum atomic E-state index is 11.2. The second-order valence-corrected chi connectivity index (χ2v) is 9.05. The molecule has 0 saturated heterocycles. The molecule has 0 heterocycles. The van der Waals surface area contributed by atoms with E-state index in [4.69, 9.17) is 0 Å². The Morgan fingerprint density at radius 3 is 1.55 bits per heavy atom. The molecule has 2 nitrogen and oxygen atoms in total. The van der Waals surface area contributed by atoms with E-state index in [0.717, 1.165) is 11.8 Å². The summed E-state index contributed by atoms with van der Waals surface area (Å²) in [5.74, 6) is 2.77. The van der Waals surface area contributed by atoms with Crippen molar-refractivity contribution in [2.75, 3.05) is 6.26 Å². The molecule has 1 aromatic carbocycles. The van der Waals surface area contributed by atoms with Crippen LogP contribution in [0.1, 0.15) is 58.2 Å². The van der Waals surface area contributed by atoms with Crippen molar-refractivity contribution in [3.05, 3.63) is 34.9 Å². The van der Waals surface area contributed by atoms with Crippen LogP contribution in [-0.4, -0.2) is 14.7 Å². The van der Waals surface area contributed by atoms with Gasteiger partial charge in [-0.05, 0) is 34.1 Å². The van der Waals surface area contributed by atoms with Crippen LogP contribution >= 0.6 is 0 Å². The highest BCUT2D eigenvalue weighted by Crippen LogP contribution is 2.30. The van der Waals surface area contributed by atoms with Crippen LogP contribution in [0.4, 0.5) is 0 Å². The molecule has 110 valence electrons. The topological polar surface area (TPSA) is 34.1 Å². The zero-order chi connectivity index (χ0) is 15.8. The summed E-state index contributed by atoms with van der Waals surface area (Å²) in [4.78, 5) is 0. The van der Waals surface area contributed by atoms with E-state index in [9.17, 15) is 8.42 Å². The maximum absolute atomic E-state index is 11.2. The average Bonchev–Trinajstić information content (AvgIpc) is 2.22. The Balaban J connectivity index is 3.50. The molecule has 0 saturated carbocycles. The van der Waals surface area contributed by atoms with Gasteiger partial charge in [0.25, 0.3) is 0 Å². The summed E-state index contributed by atoms with van der Waals surface area (Å²) in [7, 11) is -3.28. The molecule has 3 heteroatoms. The monoisotopic (exact) mass is 292 g/mol. The van der Waals surface area contributed by atoms with Crippen molar-refractivity contribution in [3.8, 4) is 11.2 Å². The molecule has 0 aliphatic heterocycles. The van der Waals surface area contributed by atoms with Gasteiger partial charge in [-0.15, -0.1) is 0 Å². The Morgan fingerprint density at radius 2 is 1.25 bits per heavy atom. The van der Waals surface area contributed by atoms with Gasteiger partial charge in [-0.2, -0.15) is 0 Å². The maximum Gasteiger partial charge on any atom is 0.214 e. The molecule has 0 spiro atoms. The standard InChI is InChI=1S/C17H24O2S/c1-16(2,3)14-10-13(8-9-20(7,18)19)11-15(12-14)17(4,5)6/h10-12H,1-7H3. The Kier molecular flexibility index (Phi) is 4.41. The minimum absolute atomic E-state index is 0.00276. The van der Waals surface area contributed by atoms with E-state index < -0.39 is 9.84 Å². The molecule has 0 fully saturated rings. The molecular weight excluding hydrogens is 268 g/mol. The highest BCUT2D eigenvalue weighted by Gasteiger charge is 2.20. The Bertz CT molecular complexity index is 625. The fourth-order valence-corrected chi connectivity index (χ4v) is 2.02. The molecule has 0 atom stereocenters. The molecular formula is C17H24O2S. The largest absolute Gasteiger partial charge is 0.216 e. The van der Waals surface area contributed by atoms with Crippen LogP contribution < -0.4 is 0 Å². The highest BCUT2D eigenvalue weighted by atomic mass is 32.2. The second kappa shape index (κ2) is 5.26. The van der Waals surface area contributed by atoms with Crippen molar-refractivity contribution < 1.29 is 8.42 Å². The van der Waals surface area contributed by atoms with Crippen molar-refractivity contribution in [1.29, 1.82) is 0 Å². The molecule has 1 aromatic rings. The predicted molar refractivity (Wildman–Crippen MR) is 85.6 cm³/mol. The summed E-state index contributed by atoms with van der Waals surface area (Å²) in [5, 5.41) is 2.32. The molecule has 0 unspecified atom stereocenters. The van der Waals surface area contributed by atoms with Gasteiger partial charge in [0.05, 0.1) is 6.26 Å². The lowest BCUT2D eigenvalue weighted by molar-refractivity contribution is 0.568. The Morgan fingerprint density at radius 1 is 0.850 bits per heavy atom. The van der Waals surface area contributed by atoms with Crippen LogP contribution in [0.3, 0.4) is 0 Å². The van der Waals surface area contributed by atoms with Crippen LogP contribution in [0.25, 0.3) is 0 Å². The normalized spacial score (nSPS) is 12.8. The van der Waals surface area contributed by atoms with E-state index in [-0.39, 0.29) is 10.8 Å². The van der Waals surface area contributed by atoms with Gasteiger partial charge in [0.1, 0.15) is 0 Å². The van der Waals surface area contributed by atoms with Crippen molar-refractivity contribution in [3.63, 3.8) is 0 Å². The fraction of sp³-hybridized carbons (Fsp3) is 0.529. The number of hydrogen-bond acceptors (Lipinski definition) is 2. The van der Waals surface area contributed by atoms with E-state index in [2.05, 4.69) is 58.8 Å². The third-order valence-corrected chi connectivity index (χ3v) is 3.52. The summed E-state index contributed by atoms with van der Waals surface area (Å²) < 4.78 is 22.4. The summed E-state index contributed by atoms with van der Waals surface area (Å²) in [6, 6.07) is 6.15. The van der Waals surface area contributed by atoms with Gasteiger partial charge in [0, 0.05) is 10.8 Å². The third kappa shape index (κ3) is 5.02. The van der Waals surface area contributed by atoms with Crippen molar-refractivity contribution in [2.24, 2.45) is 0 Å². The van der Waals surface area contributed by atoms with Crippen LogP contribution in [0.15, 0.2) is 18.2 Å². The Labute approximate surface area is 123 Å². The van der Waals surface area contributed by atoms with Gasteiger partial charge in [-0.3, -0.25) is 0 Å². The Hall–Kier alpha value is -1.27. The molecule has 0 radical (unpaired) electrons. The van der Waals surface area contributed by atoms with Crippen molar-refractivity contribution in [1.82, 2.24) is 0 Å². The second-order valence-electron chi connectivity index (χ2n) is 7.30. The minimum atomic E-state index is -3.28. The predicted octanol–water partition coefficient (Wildman–Crippen LogP) is 3.64. The summed E-state index contributed by atoms with van der Waals surface area (Å²) in [6.45, 7) is 12.8. The molecule has 20 heavy (non-hydrogen) atoms. The van der Waals surface area contributed by atoms with Crippen LogP contribution in [0, 0.1) is 11.2 Å². The summed E-state index contributed by atoms with van der Waals surface area (Å²) >= 11 is 0. The number of sulfone groups is 1. The van der Waals surface area contributed by atoms with E-state index in [1.165, 1.54) is 11.1 Å². The van der Waals surface area contributed by atoms with Crippen LogP contribution in [-0.2, 0) is 20.7 Å². The van der Waals surface area contributed by atoms with Crippen LogP contribution in [0.2, 0.25) is 0 Å². The number of rotatable bonds is 0. The minimum Gasteiger partial charge on any atom is -0.216 e. The first-order chi connectivity index (χ1) is 8.79. The van der Waals surface area contributed by atoms with Crippen molar-refractivity contribution >= 4 is 9.84 Å².